The molecule has 8 heteroatoms. The zero-order chi connectivity index (χ0) is 13.8. The summed E-state index contributed by atoms with van der Waals surface area (Å²) in [6, 6.07) is 5.06. The summed E-state index contributed by atoms with van der Waals surface area (Å²) in [6.07, 6.45) is -0.282. The minimum absolute atomic E-state index is 0.0715. The molecule has 0 unspecified atom stereocenters. The maximum Gasteiger partial charge on any atom is 0.329 e. The Morgan fingerprint density at radius 1 is 1.22 bits per heavy atom. The molecule has 7 nitrogen and oxygen atoms in total. The van der Waals surface area contributed by atoms with Gasteiger partial charge in [0, 0.05) is 6.42 Å². The Morgan fingerprint density at radius 2 is 1.72 bits per heavy atom. The summed E-state index contributed by atoms with van der Waals surface area (Å²) in [5, 5.41) is 17.3. The van der Waals surface area contributed by atoms with E-state index in [1.165, 1.54) is 12.1 Å². The fraction of sp³-hybridized carbons (Fsp3) is 0.300. The van der Waals surface area contributed by atoms with E-state index in [4.69, 9.17) is 20.1 Å². The monoisotopic (exact) mass is 275 g/mol. The standard InChI is InChI=1S/C10H14NO6P/c12-10(13)9(11-14)5-7-1-3-8(4-2-7)6-18(15,16)17/h1-4,9,11,14H,5-6H2,(H,12,13)(H2,15,16,17)/t9-/m0/s1. The Hall–Kier alpha value is -1.24. The predicted molar refractivity (Wildman–Crippen MR) is 62.2 cm³/mol. The van der Waals surface area contributed by atoms with Gasteiger partial charge in [-0.1, -0.05) is 24.3 Å². The Bertz CT molecular complexity index is 454. The lowest BCUT2D eigenvalue weighted by Crippen LogP contribution is -2.36. The van der Waals surface area contributed by atoms with E-state index in [1.807, 2.05) is 0 Å². The average Bonchev–Trinajstić information content (AvgIpc) is 2.25. The van der Waals surface area contributed by atoms with Gasteiger partial charge in [-0.15, -0.1) is 0 Å². The van der Waals surface area contributed by atoms with E-state index in [1.54, 1.807) is 17.6 Å². The number of aliphatic carboxylic acids is 1. The van der Waals surface area contributed by atoms with Gasteiger partial charge in [0.1, 0.15) is 6.04 Å². The van der Waals surface area contributed by atoms with Crippen LogP contribution >= 0.6 is 7.60 Å². The summed E-state index contributed by atoms with van der Waals surface area (Å²) in [6.45, 7) is 0. The van der Waals surface area contributed by atoms with Crippen LogP contribution in [0.5, 0.6) is 0 Å². The summed E-state index contributed by atoms with van der Waals surface area (Å²) in [5.41, 5.74) is 2.78. The summed E-state index contributed by atoms with van der Waals surface area (Å²) in [4.78, 5) is 28.2. The van der Waals surface area contributed by atoms with Crippen LogP contribution in [0.25, 0.3) is 0 Å². The highest BCUT2D eigenvalue weighted by Gasteiger charge is 2.17. The fourth-order valence-corrected chi connectivity index (χ4v) is 2.13. The highest BCUT2D eigenvalue weighted by Crippen LogP contribution is 2.38. The van der Waals surface area contributed by atoms with Crippen LogP contribution in [-0.4, -0.2) is 32.1 Å². The van der Waals surface area contributed by atoms with Crippen LogP contribution in [0.15, 0.2) is 24.3 Å². The first kappa shape index (κ1) is 14.8. The molecule has 5 N–H and O–H groups in total. The summed E-state index contributed by atoms with van der Waals surface area (Å²) >= 11 is 0. The predicted octanol–water partition coefficient (Wildman–Crippen LogP) is 0.339. The van der Waals surface area contributed by atoms with Gasteiger partial charge in [0.25, 0.3) is 0 Å². The lowest BCUT2D eigenvalue weighted by Gasteiger charge is -2.10. The molecule has 0 radical (unpaired) electrons. The second kappa shape index (κ2) is 6.08. The lowest BCUT2D eigenvalue weighted by atomic mass is 10.1. The third-order valence-corrected chi connectivity index (χ3v) is 3.08. The van der Waals surface area contributed by atoms with E-state index in [9.17, 15) is 9.36 Å². The largest absolute Gasteiger partial charge is 0.480 e. The molecule has 0 heterocycles. The van der Waals surface area contributed by atoms with Crippen LogP contribution in [0.4, 0.5) is 0 Å². The van der Waals surface area contributed by atoms with Gasteiger partial charge >= 0.3 is 13.6 Å². The number of carboxylic acids is 1. The van der Waals surface area contributed by atoms with Crippen LogP contribution in [0, 0.1) is 0 Å². The van der Waals surface area contributed by atoms with Gasteiger partial charge < -0.3 is 20.1 Å². The molecule has 0 spiro atoms. The third-order valence-electron chi connectivity index (χ3n) is 2.31. The van der Waals surface area contributed by atoms with Gasteiger partial charge in [-0.25, -0.2) is 0 Å². The quantitative estimate of drug-likeness (QED) is 0.374. The number of rotatable bonds is 6. The maximum atomic E-state index is 10.8. The molecule has 1 aromatic carbocycles. The van der Waals surface area contributed by atoms with E-state index in [0.717, 1.165) is 0 Å². The number of carboxylic acid groups (broad SMARTS) is 1. The second-order valence-corrected chi connectivity index (χ2v) is 5.51. The van der Waals surface area contributed by atoms with Gasteiger partial charge in [-0.3, -0.25) is 9.36 Å². The zero-order valence-electron chi connectivity index (χ0n) is 9.35. The summed E-state index contributed by atoms with van der Waals surface area (Å²) in [5.74, 6) is -1.18. The maximum absolute atomic E-state index is 10.8. The number of carbonyl (C=O) groups is 1. The number of hydroxylamine groups is 1. The van der Waals surface area contributed by atoms with E-state index in [2.05, 4.69) is 0 Å². The third kappa shape index (κ3) is 4.95. The molecular weight excluding hydrogens is 261 g/mol. The van der Waals surface area contributed by atoms with Crippen molar-refractivity contribution in [2.45, 2.75) is 18.6 Å². The molecule has 0 aliphatic rings. The molecule has 0 aromatic heterocycles. The molecule has 1 rings (SSSR count). The van der Waals surface area contributed by atoms with Crippen molar-refractivity contribution in [3.8, 4) is 0 Å². The van der Waals surface area contributed by atoms with Crippen LogP contribution < -0.4 is 5.48 Å². The summed E-state index contributed by atoms with van der Waals surface area (Å²) in [7, 11) is -4.10. The average molecular weight is 275 g/mol. The molecule has 1 aromatic rings. The topological polar surface area (TPSA) is 127 Å². The summed E-state index contributed by atoms with van der Waals surface area (Å²) < 4.78 is 10.8. The molecule has 0 amide bonds. The van der Waals surface area contributed by atoms with Crippen molar-refractivity contribution in [1.29, 1.82) is 0 Å². The molecular formula is C10H14NO6P. The van der Waals surface area contributed by atoms with Gasteiger partial charge in [0.05, 0.1) is 6.16 Å². The molecule has 0 saturated heterocycles. The van der Waals surface area contributed by atoms with Crippen molar-refractivity contribution in [3.63, 3.8) is 0 Å². The Balaban J connectivity index is 2.71. The molecule has 100 valence electrons. The molecule has 0 bridgehead atoms. The lowest BCUT2D eigenvalue weighted by molar-refractivity contribution is -0.142. The molecule has 0 aliphatic carbocycles. The highest BCUT2D eigenvalue weighted by atomic mass is 31.2. The minimum atomic E-state index is -4.10. The molecule has 0 fully saturated rings. The van der Waals surface area contributed by atoms with E-state index in [-0.39, 0.29) is 12.6 Å². The van der Waals surface area contributed by atoms with Crippen molar-refractivity contribution in [1.82, 2.24) is 5.48 Å². The molecule has 0 saturated carbocycles. The zero-order valence-corrected chi connectivity index (χ0v) is 10.2. The van der Waals surface area contributed by atoms with Gasteiger partial charge in [0.2, 0.25) is 0 Å². The van der Waals surface area contributed by atoms with Crippen molar-refractivity contribution in [3.05, 3.63) is 35.4 Å². The van der Waals surface area contributed by atoms with Crippen LogP contribution in [-0.2, 0) is 21.9 Å². The van der Waals surface area contributed by atoms with Crippen molar-refractivity contribution >= 4 is 13.6 Å². The van der Waals surface area contributed by atoms with E-state index >= 15 is 0 Å². The van der Waals surface area contributed by atoms with Crippen molar-refractivity contribution in [2.75, 3.05) is 0 Å². The fourth-order valence-electron chi connectivity index (χ4n) is 1.44. The Morgan fingerprint density at radius 3 is 2.11 bits per heavy atom. The van der Waals surface area contributed by atoms with Gasteiger partial charge in [0.15, 0.2) is 0 Å². The van der Waals surface area contributed by atoms with Crippen LogP contribution in [0.2, 0.25) is 0 Å². The second-order valence-electron chi connectivity index (χ2n) is 3.86. The normalized spacial score (nSPS) is 13.3. The first-order chi connectivity index (χ1) is 8.31. The Kier molecular flexibility index (Phi) is 5.01. The number of nitrogens with one attached hydrogen (secondary N) is 1. The van der Waals surface area contributed by atoms with Gasteiger partial charge in [-0.2, -0.15) is 5.48 Å². The number of hydrogen-bond acceptors (Lipinski definition) is 4. The first-order valence-electron chi connectivity index (χ1n) is 5.06. The molecule has 18 heavy (non-hydrogen) atoms. The first-order valence-corrected chi connectivity index (χ1v) is 6.86. The van der Waals surface area contributed by atoms with Crippen LogP contribution in [0.1, 0.15) is 11.1 Å². The SMILES string of the molecule is O=C(O)[C@H](Cc1ccc(CP(=O)(O)O)cc1)NO. The smallest absolute Gasteiger partial charge is 0.329 e. The molecule has 1 atom stereocenters. The number of benzene rings is 1. The highest BCUT2D eigenvalue weighted by molar-refractivity contribution is 7.50. The van der Waals surface area contributed by atoms with Gasteiger partial charge in [-0.05, 0) is 11.1 Å². The van der Waals surface area contributed by atoms with Crippen molar-refractivity contribution < 1.29 is 29.5 Å². The Labute approximate surface area is 103 Å². The van der Waals surface area contributed by atoms with E-state index < -0.39 is 19.6 Å². The van der Waals surface area contributed by atoms with E-state index in [0.29, 0.717) is 11.1 Å². The number of hydrogen-bond donors (Lipinski definition) is 5. The van der Waals surface area contributed by atoms with Crippen molar-refractivity contribution in [2.24, 2.45) is 0 Å². The van der Waals surface area contributed by atoms with Crippen LogP contribution in [0.3, 0.4) is 0 Å². The minimum Gasteiger partial charge on any atom is -0.480 e. The molecule has 0 aliphatic heterocycles.